The van der Waals surface area contributed by atoms with Gasteiger partial charge in [0.05, 0.1) is 18.8 Å². The van der Waals surface area contributed by atoms with E-state index in [9.17, 15) is 4.79 Å². The van der Waals surface area contributed by atoms with E-state index in [1.165, 1.54) is 0 Å². The number of hydrogen-bond acceptors (Lipinski definition) is 4. The molecule has 0 bridgehead atoms. The summed E-state index contributed by atoms with van der Waals surface area (Å²) in [5.41, 5.74) is 1.46. The van der Waals surface area contributed by atoms with Crippen LogP contribution in [0.5, 0.6) is 0 Å². The van der Waals surface area contributed by atoms with Crippen LogP contribution in [-0.4, -0.2) is 20.9 Å². The van der Waals surface area contributed by atoms with Crippen molar-refractivity contribution in [2.45, 2.75) is 25.9 Å². The maximum absolute atomic E-state index is 12.4. The fraction of sp³-hybridized carbons (Fsp3) is 0.211. The van der Waals surface area contributed by atoms with Crippen molar-refractivity contribution in [2.24, 2.45) is 0 Å². The molecule has 3 rings (SSSR count). The van der Waals surface area contributed by atoms with Crippen molar-refractivity contribution in [3.05, 3.63) is 76.3 Å². The summed E-state index contributed by atoms with van der Waals surface area (Å²) in [5.74, 6) is -0.196. The minimum absolute atomic E-state index is 0.00984. The third kappa shape index (κ3) is 4.64. The molecule has 0 unspecified atom stereocenters. The summed E-state index contributed by atoms with van der Waals surface area (Å²) in [5, 5.41) is 13.0. The van der Waals surface area contributed by atoms with Gasteiger partial charge in [0.1, 0.15) is 0 Å². The zero-order valence-electron chi connectivity index (χ0n) is 14.0. The molecule has 0 aliphatic carbocycles. The maximum Gasteiger partial charge on any atom is 0.273 e. The molecule has 128 valence electrons. The monoisotopic (exact) mass is 352 g/mol. The van der Waals surface area contributed by atoms with Gasteiger partial charge in [-0.05, 0) is 23.4 Å². The van der Waals surface area contributed by atoms with Gasteiger partial charge < -0.3 is 5.32 Å². The van der Waals surface area contributed by atoms with E-state index < -0.39 is 0 Å². The van der Waals surface area contributed by atoms with Crippen LogP contribution in [-0.2, 0) is 6.54 Å². The number of rotatable bonds is 7. The summed E-state index contributed by atoms with van der Waals surface area (Å²) in [6, 6.07) is 14.1. The molecule has 0 spiro atoms. The lowest BCUT2D eigenvalue weighted by Crippen LogP contribution is -2.27. The van der Waals surface area contributed by atoms with Crippen LogP contribution in [0.1, 0.15) is 40.3 Å². The molecule has 1 N–H and O–H groups in total. The predicted octanol–water partition coefficient (Wildman–Crippen LogP) is 3.93. The van der Waals surface area contributed by atoms with Crippen LogP contribution in [0.15, 0.2) is 60.1 Å². The van der Waals surface area contributed by atoms with Gasteiger partial charge in [0.2, 0.25) is 0 Å². The molecule has 0 aliphatic heterocycles. The summed E-state index contributed by atoms with van der Waals surface area (Å²) in [7, 11) is 0. The highest BCUT2D eigenvalue weighted by Gasteiger charge is 2.17. The SMILES string of the molecule is CC[C@@H](NC(=O)c1cn(C/C=C/c2ccccc2)nn1)c1cccs1. The van der Waals surface area contributed by atoms with Crippen molar-refractivity contribution < 1.29 is 4.79 Å². The third-order valence-electron chi connectivity index (χ3n) is 3.77. The van der Waals surface area contributed by atoms with Gasteiger partial charge in [-0.1, -0.05) is 60.7 Å². The molecule has 0 saturated heterocycles. The van der Waals surface area contributed by atoms with Crippen LogP contribution < -0.4 is 5.32 Å². The second kappa shape index (κ2) is 8.39. The van der Waals surface area contributed by atoms with Crippen LogP contribution >= 0.6 is 11.3 Å². The Morgan fingerprint density at radius 3 is 2.84 bits per heavy atom. The average molecular weight is 352 g/mol. The lowest BCUT2D eigenvalue weighted by atomic mass is 10.2. The zero-order chi connectivity index (χ0) is 17.5. The summed E-state index contributed by atoms with van der Waals surface area (Å²) in [6.45, 7) is 2.62. The van der Waals surface area contributed by atoms with Crippen molar-refractivity contribution in [2.75, 3.05) is 0 Å². The minimum atomic E-state index is -0.196. The molecule has 1 atom stereocenters. The van der Waals surface area contributed by atoms with E-state index in [4.69, 9.17) is 0 Å². The van der Waals surface area contributed by atoms with Gasteiger partial charge in [-0.2, -0.15) is 0 Å². The third-order valence-corrected chi connectivity index (χ3v) is 4.76. The van der Waals surface area contributed by atoms with Crippen molar-refractivity contribution in [1.29, 1.82) is 0 Å². The van der Waals surface area contributed by atoms with Gasteiger partial charge in [-0.15, -0.1) is 16.4 Å². The number of hydrogen-bond donors (Lipinski definition) is 1. The molecular weight excluding hydrogens is 332 g/mol. The highest BCUT2D eigenvalue weighted by atomic mass is 32.1. The number of benzene rings is 1. The van der Waals surface area contributed by atoms with Crippen molar-refractivity contribution in [3.8, 4) is 0 Å². The summed E-state index contributed by atoms with van der Waals surface area (Å²) < 4.78 is 1.65. The Bertz CT molecular complexity index is 824. The summed E-state index contributed by atoms with van der Waals surface area (Å²) in [4.78, 5) is 13.5. The maximum atomic E-state index is 12.4. The van der Waals surface area contributed by atoms with E-state index in [0.717, 1.165) is 16.9 Å². The highest BCUT2D eigenvalue weighted by Crippen LogP contribution is 2.21. The first-order valence-corrected chi connectivity index (χ1v) is 9.10. The number of nitrogens with one attached hydrogen (secondary N) is 1. The van der Waals surface area contributed by atoms with E-state index in [2.05, 4.69) is 22.6 Å². The van der Waals surface area contributed by atoms with E-state index in [1.807, 2.05) is 60.0 Å². The van der Waals surface area contributed by atoms with Crippen LogP contribution in [0.25, 0.3) is 6.08 Å². The van der Waals surface area contributed by atoms with Crippen molar-refractivity contribution in [3.63, 3.8) is 0 Å². The first-order valence-electron chi connectivity index (χ1n) is 8.22. The van der Waals surface area contributed by atoms with E-state index >= 15 is 0 Å². The van der Waals surface area contributed by atoms with Crippen LogP contribution in [0, 0.1) is 0 Å². The largest absolute Gasteiger partial charge is 0.343 e. The number of aromatic nitrogens is 3. The van der Waals surface area contributed by atoms with Crippen molar-refractivity contribution >= 4 is 23.3 Å². The van der Waals surface area contributed by atoms with E-state index in [1.54, 1.807) is 22.2 Å². The van der Waals surface area contributed by atoms with E-state index in [0.29, 0.717) is 12.2 Å². The number of nitrogens with zero attached hydrogens (tertiary/aromatic N) is 3. The lowest BCUT2D eigenvalue weighted by Gasteiger charge is -2.14. The Kier molecular flexibility index (Phi) is 5.74. The Labute approximate surface area is 151 Å². The molecule has 0 aliphatic rings. The van der Waals surface area contributed by atoms with Gasteiger partial charge in [-0.3, -0.25) is 4.79 Å². The normalized spacial score (nSPS) is 12.4. The van der Waals surface area contributed by atoms with Gasteiger partial charge in [0.25, 0.3) is 5.91 Å². The smallest absolute Gasteiger partial charge is 0.273 e. The number of allylic oxidation sites excluding steroid dienone is 1. The van der Waals surface area contributed by atoms with Gasteiger partial charge >= 0.3 is 0 Å². The number of thiophene rings is 1. The molecule has 0 saturated carbocycles. The molecule has 2 heterocycles. The standard InChI is InChI=1S/C19H20N4OS/c1-2-16(18-11-7-13-25-18)20-19(24)17-14-23(22-21-17)12-6-10-15-8-4-3-5-9-15/h3-11,13-14,16H,2,12H2,1H3,(H,20,24)/b10-6+/t16-/m1/s1. The molecule has 1 amide bonds. The van der Waals surface area contributed by atoms with Crippen LogP contribution in [0.2, 0.25) is 0 Å². The van der Waals surface area contributed by atoms with Gasteiger partial charge in [-0.25, -0.2) is 4.68 Å². The Balaban J connectivity index is 1.59. The molecule has 5 nitrogen and oxygen atoms in total. The van der Waals surface area contributed by atoms with Crippen LogP contribution in [0.4, 0.5) is 0 Å². The minimum Gasteiger partial charge on any atom is -0.343 e. The van der Waals surface area contributed by atoms with Gasteiger partial charge in [0, 0.05) is 4.88 Å². The van der Waals surface area contributed by atoms with Crippen LogP contribution in [0.3, 0.4) is 0 Å². The van der Waals surface area contributed by atoms with Crippen molar-refractivity contribution in [1.82, 2.24) is 20.3 Å². The molecule has 2 aromatic heterocycles. The average Bonchev–Trinajstić information content (AvgIpc) is 3.32. The quantitative estimate of drug-likeness (QED) is 0.701. The summed E-state index contributed by atoms with van der Waals surface area (Å²) >= 11 is 1.64. The molecule has 25 heavy (non-hydrogen) atoms. The summed E-state index contributed by atoms with van der Waals surface area (Å²) in [6.07, 6.45) is 6.52. The first-order chi connectivity index (χ1) is 12.3. The lowest BCUT2D eigenvalue weighted by molar-refractivity contribution is 0.0931. The molecule has 6 heteroatoms. The molecular formula is C19H20N4OS. The van der Waals surface area contributed by atoms with Gasteiger partial charge in [0.15, 0.2) is 5.69 Å². The molecule has 0 radical (unpaired) electrons. The second-order valence-electron chi connectivity index (χ2n) is 5.59. The Morgan fingerprint density at radius 2 is 2.12 bits per heavy atom. The first kappa shape index (κ1) is 17.1. The number of carbonyl (C=O) groups excluding carboxylic acids is 1. The predicted molar refractivity (Wildman–Crippen MR) is 100 cm³/mol. The second-order valence-corrected chi connectivity index (χ2v) is 6.57. The highest BCUT2D eigenvalue weighted by molar-refractivity contribution is 7.10. The molecule has 1 aromatic carbocycles. The number of amides is 1. The molecule has 3 aromatic rings. The van der Waals surface area contributed by atoms with E-state index in [-0.39, 0.29) is 11.9 Å². The Hall–Kier alpha value is -2.73. The fourth-order valence-corrected chi connectivity index (χ4v) is 3.31. The fourth-order valence-electron chi connectivity index (χ4n) is 2.45. The molecule has 0 fully saturated rings. The number of carbonyl (C=O) groups is 1. The topological polar surface area (TPSA) is 59.8 Å². The zero-order valence-corrected chi connectivity index (χ0v) is 14.8. The Morgan fingerprint density at radius 1 is 1.28 bits per heavy atom.